The van der Waals surface area contributed by atoms with Gasteiger partial charge in [0, 0.05) is 36.1 Å². The molecule has 2 amide bonds. The molecule has 13 heteroatoms. The highest BCUT2D eigenvalue weighted by atomic mass is 35.5. The first-order valence-corrected chi connectivity index (χ1v) is 14.3. The van der Waals surface area contributed by atoms with Crippen molar-refractivity contribution in [2.24, 2.45) is 0 Å². The normalized spacial score (nSPS) is 16.4. The molecular weight excluding hydrogens is 597 g/mol. The van der Waals surface area contributed by atoms with Crippen LogP contribution in [0.25, 0.3) is 21.8 Å². The van der Waals surface area contributed by atoms with Crippen LogP contribution in [0.1, 0.15) is 23.0 Å². The Kier molecular flexibility index (Phi) is 7.41. The zero-order chi connectivity index (χ0) is 30.0. The van der Waals surface area contributed by atoms with E-state index in [1.165, 1.54) is 66.6 Å². The van der Waals surface area contributed by atoms with Crippen molar-refractivity contribution in [2.45, 2.75) is 12.5 Å². The van der Waals surface area contributed by atoms with Crippen LogP contribution < -0.4 is 15.0 Å². The second-order valence-electron chi connectivity index (χ2n) is 10.2. The molecule has 5 aromatic rings. The van der Waals surface area contributed by atoms with Crippen molar-refractivity contribution in [3.63, 3.8) is 0 Å². The van der Waals surface area contributed by atoms with Gasteiger partial charge in [-0.1, -0.05) is 18.2 Å². The van der Waals surface area contributed by atoms with Gasteiger partial charge in [0.25, 0.3) is 11.8 Å². The second-order valence-corrected chi connectivity index (χ2v) is 12.2. The van der Waals surface area contributed by atoms with E-state index in [1.54, 1.807) is 49.4 Å². The summed E-state index contributed by atoms with van der Waals surface area (Å²) in [4.78, 5) is 33.4. The lowest BCUT2D eigenvalue weighted by Crippen LogP contribution is -2.50. The highest BCUT2D eigenvalue weighted by Gasteiger charge is 2.49. The number of pyridine rings is 1. The van der Waals surface area contributed by atoms with Gasteiger partial charge in [0.1, 0.15) is 22.8 Å². The fraction of sp³-hybridized carbons (Fsp3) is 0.167. The van der Waals surface area contributed by atoms with Crippen molar-refractivity contribution in [3.05, 3.63) is 96.1 Å². The summed E-state index contributed by atoms with van der Waals surface area (Å²) < 4.78 is 47.7. The quantitative estimate of drug-likeness (QED) is 0.292. The largest absolute Gasteiger partial charge is 0.497 e. The lowest BCUT2D eigenvalue weighted by molar-refractivity contribution is -0.122. The third kappa shape index (κ3) is 4.58. The van der Waals surface area contributed by atoms with E-state index in [9.17, 15) is 22.4 Å². The number of fused-ring (bicyclic) bond motifs is 4. The van der Waals surface area contributed by atoms with Gasteiger partial charge in [-0.25, -0.2) is 13.3 Å². The van der Waals surface area contributed by atoms with Crippen molar-refractivity contribution >= 4 is 67.6 Å². The summed E-state index contributed by atoms with van der Waals surface area (Å²) in [5.74, 6) is -1.06. The van der Waals surface area contributed by atoms with E-state index in [0.717, 1.165) is 4.31 Å². The van der Waals surface area contributed by atoms with Crippen LogP contribution in [0, 0.1) is 5.82 Å². The molecule has 0 aliphatic carbocycles. The fourth-order valence-electron chi connectivity index (χ4n) is 5.31. The number of methoxy groups -OCH3 is 1. The van der Waals surface area contributed by atoms with Crippen LogP contribution in [0.5, 0.6) is 5.75 Å². The lowest BCUT2D eigenvalue weighted by atomic mass is 9.93. The number of rotatable bonds is 6. The third-order valence-electron chi connectivity index (χ3n) is 7.50. The number of hydrogen-bond donors (Lipinski definition) is 1. The fourth-order valence-corrected chi connectivity index (χ4v) is 6.44. The summed E-state index contributed by atoms with van der Waals surface area (Å²) in [5.41, 5.74) is 0.631. The van der Waals surface area contributed by atoms with Gasteiger partial charge in [-0.05, 0) is 61.5 Å². The summed E-state index contributed by atoms with van der Waals surface area (Å²) >= 11 is 0. The molecule has 1 atom stereocenters. The van der Waals surface area contributed by atoms with E-state index in [-0.39, 0.29) is 18.1 Å². The van der Waals surface area contributed by atoms with Gasteiger partial charge in [-0.3, -0.25) is 14.5 Å². The van der Waals surface area contributed by atoms with E-state index < -0.39 is 33.4 Å². The Morgan fingerprint density at radius 3 is 2.37 bits per heavy atom. The number of anilines is 2. The highest BCUT2D eigenvalue weighted by molar-refractivity contribution is 7.87. The Balaban J connectivity index is 0.00000368. The number of halogens is 2. The summed E-state index contributed by atoms with van der Waals surface area (Å²) in [6.45, 7) is 1.59. The summed E-state index contributed by atoms with van der Waals surface area (Å²) in [7, 11) is 0.465. The molecule has 1 aliphatic heterocycles. The van der Waals surface area contributed by atoms with Crippen LogP contribution in [-0.2, 0) is 20.5 Å². The number of hydrogen-bond acceptors (Lipinski definition) is 6. The summed E-state index contributed by atoms with van der Waals surface area (Å²) in [6, 6.07) is 19.0. The second kappa shape index (κ2) is 10.6. The molecule has 0 unspecified atom stereocenters. The molecule has 0 fully saturated rings. The minimum atomic E-state index is -3.91. The molecule has 0 spiro atoms. The number of carbonyl (C=O) groups is 2. The maximum absolute atomic E-state index is 14.0. The van der Waals surface area contributed by atoms with Gasteiger partial charge in [0.05, 0.1) is 30.0 Å². The number of nitrogens with one attached hydrogen (secondary N) is 1. The van der Waals surface area contributed by atoms with Crippen molar-refractivity contribution in [1.82, 2.24) is 18.6 Å². The molecule has 10 nitrogen and oxygen atoms in total. The Morgan fingerprint density at radius 2 is 1.70 bits per heavy atom. The van der Waals surface area contributed by atoms with Crippen molar-refractivity contribution in [2.75, 3.05) is 26.1 Å². The van der Waals surface area contributed by atoms with Crippen LogP contribution in [0.4, 0.5) is 15.8 Å². The van der Waals surface area contributed by atoms with Crippen LogP contribution in [0.15, 0.2) is 79.0 Å². The molecule has 0 saturated heterocycles. The molecule has 1 N–H and O–H groups in total. The van der Waals surface area contributed by atoms with Gasteiger partial charge in [-0.2, -0.15) is 12.7 Å². The zero-order valence-corrected chi connectivity index (χ0v) is 25.2. The van der Waals surface area contributed by atoms with Gasteiger partial charge in [-0.15, -0.1) is 12.4 Å². The number of benzene rings is 3. The molecule has 1 aliphatic rings. The third-order valence-corrected chi connectivity index (χ3v) is 9.28. The molecule has 0 saturated carbocycles. The van der Waals surface area contributed by atoms with Gasteiger partial charge >= 0.3 is 10.2 Å². The monoisotopic (exact) mass is 623 g/mol. The first-order valence-electron chi connectivity index (χ1n) is 12.9. The van der Waals surface area contributed by atoms with E-state index in [0.29, 0.717) is 44.5 Å². The van der Waals surface area contributed by atoms with Crippen LogP contribution in [-0.4, -0.2) is 54.7 Å². The number of carbonyl (C=O) groups excluding carboxylic acids is 2. The Morgan fingerprint density at radius 1 is 1.00 bits per heavy atom. The Hall–Kier alpha value is -4.52. The molecule has 3 aromatic carbocycles. The SMILES string of the molecule is COc1ccc2c(c1)[C@](C)(NC(=O)c1cc3c4ccccc4n(S(=O)(=O)N(C)C)c3cn1)C(=O)N2c1ccc(F)cc1.Cl. The first-order chi connectivity index (χ1) is 20.0. The molecule has 0 radical (unpaired) electrons. The minimum absolute atomic E-state index is 0. The van der Waals surface area contributed by atoms with E-state index >= 15 is 0 Å². The average Bonchev–Trinajstić information content (AvgIpc) is 3.42. The number of ether oxygens (including phenoxy) is 1. The standard InChI is InChI=1S/C30H26FN5O5S.ClH/c1-30(23-15-20(41-4)13-14-26(23)35(29(30)38)19-11-9-18(31)10-12-19)33-28(37)24-16-22-21-7-5-6-8-25(21)36(27(22)17-32-24)42(39,40)34(2)3;/h5-17H,1-4H3,(H,33,37);1H/t30-;/m0./s1. The molecule has 3 heterocycles. The summed E-state index contributed by atoms with van der Waals surface area (Å²) in [6.07, 6.45) is 1.34. The van der Waals surface area contributed by atoms with E-state index in [2.05, 4.69) is 10.3 Å². The molecule has 2 aromatic heterocycles. The topological polar surface area (TPSA) is 114 Å². The first kappa shape index (κ1) is 30.0. The van der Waals surface area contributed by atoms with Crippen molar-refractivity contribution in [3.8, 4) is 5.75 Å². The number of nitrogens with zero attached hydrogens (tertiary/aromatic N) is 4. The average molecular weight is 624 g/mol. The van der Waals surface area contributed by atoms with Gasteiger partial charge in [0.2, 0.25) is 0 Å². The molecule has 0 bridgehead atoms. The van der Waals surface area contributed by atoms with Crippen molar-refractivity contribution in [1.29, 1.82) is 0 Å². The predicted octanol–water partition coefficient (Wildman–Crippen LogP) is 4.74. The highest BCUT2D eigenvalue weighted by Crippen LogP contribution is 2.46. The smallest absolute Gasteiger partial charge is 0.308 e. The molecule has 6 rings (SSSR count). The summed E-state index contributed by atoms with van der Waals surface area (Å²) in [5, 5.41) is 3.98. The van der Waals surface area contributed by atoms with E-state index in [4.69, 9.17) is 4.74 Å². The molecule has 222 valence electrons. The predicted molar refractivity (Wildman–Crippen MR) is 164 cm³/mol. The zero-order valence-electron chi connectivity index (χ0n) is 23.5. The van der Waals surface area contributed by atoms with E-state index in [1.807, 2.05) is 0 Å². The van der Waals surface area contributed by atoms with Crippen LogP contribution >= 0.6 is 12.4 Å². The van der Waals surface area contributed by atoms with Gasteiger partial charge in [0.15, 0.2) is 0 Å². The maximum atomic E-state index is 14.0. The van der Waals surface area contributed by atoms with Crippen LogP contribution in [0.3, 0.4) is 0 Å². The number of para-hydroxylation sites is 1. The Bertz CT molecular complexity index is 2030. The van der Waals surface area contributed by atoms with Crippen molar-refractivity contribution < 1.29 is 27.1 Å². The number of amides is 2. The number of aromatic nitrogens is 2. The maximum Gasteiger partial charge on any atom is 0.308 e. The van der Waals surface area contributed by atoms with Crippen LogP contribution in [0.2, 0.25) is 0 Å². The lowest BCUT2D eigenvalue weighted by Gasteiger charge is -2.26. The molecule has 43 heavy (non-hydrogen) atoms. The minimum Gasteiger partial charge on any atom is -0.497 e. The Labute approximate surface area is 253 Å². The van der Waals surface area contributed by atoms with Gasteiger partial charge < -0.3 is 10.1 Å². The molecular formula is C30H27ClFN5O5S.